The standard InChI is InChI=1S/C14H20S/c1-2-4-6-8-10-12-14-15-13-11-9-7-5-3-1/h1-8,13-14H2. The van der Waals surface area contributed by atoms with Gasteiger partial charge >= 0.3 is 0 Å². The summed E-state index contributed by atoms with van der Waals surface area (Å²) in [7, 11) is 0. The quantitative estimate of drug-likeness (QED) is 0.559. The second-order valence-corrected chi connectivity index (χ2v) is 4.81. The molecule has 0 aromatic rings. The number of rotatable bonds is 0. The van der Waals surface area contributed by atoms with Gasteiger partial charge in [0.25, 0.3) is 0 Å². The third kappa shape index (κ3) is 8.46. The molecule has 0 atom stereocenters. The van der Waals surface area contributed by atoms with Crippen molar-refractivity contribution in [1.29, 1.82) is 0 Å². The molecule has 0 unspecified atom stereocenters. The van der Waals surface area contributed by atoms with Crippen molar-refractivity contribution in [2.45, 2.75) is 51.4 Å². The first kappa shape index (κ1) is 12.5. The molecule has 0 saturated heterocycles. The molecule has 82 valence electrons. The van der Waals surface area contributed by atoms with Crippen molar-refractivity contribution in [3.63, 3.8) is 0 Å². The molecule has 0 aliphatic carbocycles. The fourth-order valence-corrected chi connectivity index (χ4v) is 2.08. The van der Waals surface area contributed by atoms with Gasteiger partial charge in [-0.15, -0.1) is 23.6 Å². The fraction of sp³-hybridized carbons (Fsp3) is 0.714. The van der Waals surface area contributed by atoms with E-state index in [1.165, 1.54) is 38.5 Å². The summed E-state index contributed by atoms with van der Waals surface area (Å²) in [6.45, 7) is 0. The Morgan fingerprint density at radius 1 is 0.533 bits per heavy atom. The lowest BCUT2D eigenvalue weighted by molar-refractivity contribution is 0.604. The molecule has 0 fully saturated rings. The lowest BCUT2D eigenvalue weighted by atomic mass is 10.1. The Labute approximate surface area is 98.6 Å². The molecule has 0 amide bonds. The molecule has 0 aromatic heterocycles. The Balaban J connectivity index is 2.21. The maximum absolute atomic E-state index is 3.24. The van der Waals surface area contributed by atoms with Gasteiger partial charge in [-0.25, -0.2) is 0 Å². The molecule has 0 N–H and O–H groups in total. The summed E-state index contributed by atoms with van der Waals surface area (Å²) in [5, 5.41) is 0. The molecule has 0 bridgehead atoms. The molecule has 0 spiro atoms. The van der Waals surface area contributed by atoms with Crippen LogP contribution in [0.3, 0.4) is 0 Å². The third-order valence-corrected chi connectivity index (χ3v) is 3.15. The largest absolute Gasteiger partial charge is 0.136 e. The number of thioether (sulfide) groups is 1. The van der Waals surface area contributed by atoms with E-state index in [2.05, 4.69) is 23.7 Å². The first-order valence-corrected chi connectivity index (χ1v) is 7.15. The van der Waals surface area contributed by atoms with E-state index >= 15 is 0 Å². The van der Waals surface area contributed by atoms with Crippen molar-refractivity contribution >= 4 is 11.8 Å². The van der Waals surface area contributed by atoms with Gasteiger partial charge in [0.1, 0.15) is 0 Å². The van der Waals surface area contributed by atoms with E-state index in [1.54, 1.807) is 0 Å². The first-order valence-electron chi connectivity index (χ1n) is 5.99. The average molecular weight is 220 g/mol. The second-order valence-electron chi connectivity index (χ2n) is 3.82. The zero-order valence-electron chi connectivity index (χ0n) is 9.48. The smallest absolute Gasteiger partial charge is 0.0557 e. The summed E-state index contributed by atoms with van der Waals surface area (Å²) >= 11 is 1.84. The molecular formula is C14H20S. The van der Waals surface area contributed by atoms with Crippen molar-refractivity contribution in [2.75, 3.05) is 11.5 Å². The number of hydrogen-bond donors (Lipinski definition) is 0. The lowest BCUT2D eigenvalue weighted by Crippen LogP contribution is -1.79. The van der Waals surface area contributed by atoms with E-state index < -0.39 is 0 Å². The molecule has 0 saturated carbocycles. The van der Waals surface area contributed by atoms with Crippen LogP contribution in [0.15, 0.2) is 0 Å². The van der Waals surface area contributed by atoms with Crippen LogP contribution >= 0.6 is 11.8 Å². The highest BCUT2D eigenvalue weighted by Crippen LogP contribution is 2.08. The van der Waals surface area contributed by atoms with Crippen LogP contribution in [0.5, 0.6) is 0 Å². The van der Waals surface area contributed by atoms with Crippen LogP contribution in [-0.2, 0) is 0 Å². The summed E-state index contributed by atoms with van der Waals surface area (Å²) in [5.41, 5.74) is 0. The molecule has 1 heterocycles. The van der Waals surface area contributed by atoms with Gasteiger partial charge in [-0.1, -0.05) is 37.5 Å². The summed E-state index contributed by atoms with van der Waals surface area (Å²) in [4.78, 5) is 0. The zero-order chi connectivity index (χ0) is 10.6. The highest BCUT2D eigenvalue weighted by Gasteiger charge is 1.90. The van der Waals surface area contributed by atoms with Crippen LogP contribution in [-0.4, -0.2) is 11.5 Å². The van der Waals surface area contributed by atoms with E-state index in [9.17, 15) is 0 Å². The summed E-state index contributed by atoms with van der Waals surface area (Å²) < 4.78 is 0. The minimum Gasteiger partial charge on any atom is -0.136 e. The highest BCUT2D eigenvalue weighted by molar-refractivity contribution is 7.99. The van der Waals surface area contributed by atoms with Crippen LogP contribution in [0.4, 0.5) is 0 Å². The van der Waals surface area contributed by atoms with Gasteiger partial charge < -0.3 is 0 Å². The molecular weight excluding hydrogens is 200 g/mol. The molecule has 1 aliphatic rings. The molecule has 1 aliphatic heterocycles. The summed E-state index contributed by atoms with van der Waals surface area (Å²) in [5.74, 6) is 14.8. The fourth-order valence-electron chi connectivity index (χ4n) is 1.57. The van der Waals surface area contributed by atoms with Crippen LogP contribution < -0.4 is 0 Å². The maximum atomic E-state index is 3.24. The molecule has 1 rings (SSSR count). The average Bonchev–Trinajstić information content (AvgIpc) is 2.27. The topological polar surface area (TPSA) is 0 Å². The second kappa shape index (κ2) is 10.0. The normalized spacial score (nSPS) is 19.7. The van der Waals surface area contributed by atoms with E-state index in [-0.39, 0.29) is 0 Å². The Morgan fingerprint density at radius 3 is 1.53 bits per heavy atom. The van der Waals surface area contributed by atoms with Crippen LogP contribution in [0.1, 0.15) is 51.4 Å². The van der Waals surface area contributed by atoms with E-state index in [0.29, 0.717) is 0 Å². The van der Waals surface area contributed by atoms with E-state index in [0.717, 1.165) is 24.3 Å². The zero-order valence-corrected chi connectivity index (χ0v) is 10.3. The first-order chi connectivity index (χ1) is 7.50. The lowest BCUT2D eigenvalue weighted by Gasteiger charge is -1.97. The number of hydrogen-bond acceptors (Lipinski definition) is 1. The molecule has 0 aromatic carbocycles. The van der Waals surface area contributed by atoms with Gasteiger partial charge in [-0.05, 0) is 12.8 Å². The predicted octanol–water partition coefficient (Wildman–Crippen LogP) is 3.86. The molecule has 15 heavy (non-hydrogen) atoms. The van der Waals surface area contributed by atoms with Crippen LogP contribution in [0, 0.1) is 23.7 Å². The van der Waals surface area contributed by atoms with E-state index in [1.807, 2.05) is 11.8 Å². The van der Waals surface area contributed by atoms with Crippen molar-refractivity contribution in [1.82, 2.24) is 0 Å². The summed E-state index contributed by atoms with van der Waals surface area (Å²) in [6.07, 6.45) is 10.2. The monoisotopic (exact) mass is 220 g/mol. The highest BCUT2D eigenvalue weighted by atomic mass is 32.2. The molecule has 0 nitrogen and oxygen atoms in total. The minimum absolute atomic E-state index is 0.953. The van der Waals surface area contributed by atoms with Crippen molar-refractivity contribution < 1.29 is 0 Å². The SMILES string of the molecule is C1#CCSCC#CCCCCCCCC1. The van der Waals surface area contributed by atoms with Crippen molar-refractivity contribution in [3.05, 3.63) is 0 Å². The van der Waals surface area contributed by atoms with E-state index in [4.69, 9.17) is 0 Å². The molecule has 0 radical (unpaired) electrons. The van der Waals surface area contributed by atoms with Crippen molar-refractivity contribution in [3.8, 4) is 23.7 Å². The Bertz CT molecular complexity index is 231. The van der Waals surface area contributed by atoms with Gasteiger partial charge in [-0.3, -0.25) is 0 Å². The van der Waals surface area contributed by atoms with Gasteiger partial charge in [0.2, 0.25) is 0 Å². The van der Waals surface area contributed by atoms with Gasteiger partial charge in [0, 0.05) is 12.8 Å². The van der Waals surface area contributed by atoms with Crippen LogP contribution in [0.25, 0.3) is 0 Å². The van der Waals surface area contributed by atoms with Crippen molar-refractivity contribution in [2.24, 2.45) is 0 Å². The van der Waals surface area contributed by atoms with Gasteiger partial charge in [0.05, 0.1) is 11.5 Å². The predicted molar refractivity (Wildman–Crippen MR) is 69.8 cm³/mol. The Morgan fingerprint density at radius 2 is 1.00 bits per heavy atom. The maximum Gasteiger partial charge on any atom is 0.0557 e. The summed E-state index contributed by atoms with van der Waals surface area (Å²) in [6, 6.07) is 0. The Kier molecular flexibility index (Phi) is 8.36. The van der Waals surface area contributed by atoms with Gasteiger partial charge in [0.15, 0.2) is 0 Å². The van der Waals surface area contributed by atoms with Crippen LogP contribution in [0.2, 0.25) is 0 Å². The van der Waals surface area contributed by atoms with Gasteiger partial charge in [-0.2, -0.15) is 0 Å². The minimum atomic E-state index is 0.953. The Hall–Kier alpha value is -0.530. The molecule has 1 heteroatoms. The third-order valence-electron chi connectivity index (χ3n) is 2.45.